The van der Waals surface area contributed by atoms with E-state index < -0.39 is 32.5 Å². The van der Waals surface area contributed by atoms with Crippen molar-refractivity contribution in [2.24, 2.45) is 0 Å². The van der Waals surface area contributed by atoms with E-state index in [4.69, 9.17) is 18.5 Å². The molecule has 0 spiro atoms. The third kappa shape index (κ3) is 39.7. The number of nitrogens with zero attached hydrogens (tertiary/aromatic N) is 1. The molecule has 0 aromatic carbocycles. The second-order valence-corrected chi connectivity index (χ2v) is 16.8. The number of allylic oxidation sites excluding steroid dienone is 8. The summed E-state index contributed by atoms with van der Waals surface area (Å²) in [7, 11) is 1.44. The molecule has 54 heavy (non-hydrogen) atoms. The first kappa shape index (κ1) is 52.0. The highest BCUT2D eigenvalue weighted by molar-refractivity contribution is 7.47. The lowest BCUT2D eigenvalue weighted by atomic mass is 10.1. The van der Waals surface area contributed by atoms with Crippen LogP contribution in [0.25, 0.3) is 0 Å². The standard InChI is InChI=1S/C44H80NO8P/c1-6-8-10-12-14-16-18-20-21-22-23-25-26-28-30-32-34-36-43(46)50-40-42(41-52-54(48,49)51-39-38-45(3,4)5)53-44(47)37-35-33-31-29-27-24-19-17-15-13-11-9-7-2/h14,16,20-21,24,27,31,33,42H,6-13,15,17-19,22-23,25-26,28-30,32,34-41H2,1-5H3/p+1/b16-14+,21-20+,27-24+,33-31+. The summed E-state index contributed by atoms with van der Waals surface area (Å²) in [5.41, 5.74) is 0. The zero-order valence-electron chi connectivity index (χ0n) is 35.2. The number of likely N-dealkylation sites (N-methyl/N-ethyl adjacent to an activating group) is 1. The molecule has 0 radical (unpaired) electrons. The molecule has 9 nitrogen and oxygen atoms in total. The van der Waals surface area contributed by atoms with Crippen molar-refractivity contribution in [2.75, 3.05) is 47.5 Å². The van der Waals surface area contributed by atoms with E-state index in [-0.39, 0.29) is 26.1 Å². The maximum absolute atomic E-state index is 12.6. The zero-order valence-corrected chi connectivity index (χ0v) is 36.1. The van der Waals surface area contributed by atoms with Gasteiger partial charge in [-0.3, -0.25) is 18.6 Å². The molecule has 314 valence electrons. The number of rotatable bonds is 38. The summed E-state index contributed by atoms with van der Waals surface area (Å²) in [5, 5.41) is 0. The molecule has 0 amide bonds. The van der Waals surface area contributed by atoms with Gasteiger partial charge in [0, 0.05) is 12.8 Å². The maximum atomic E-state index is 12.6. The van der Waals surface area contributed by atoms with Crippen LogP contribution < -0.4 is 0 Å². The SMILES string of the molecule is CCCCC/C=C/C/C=C/CCCCCCCCCC(=O)OCC(COP(=O)(O)OCC[N+](C)(C)C)OC(=O)CC/C=C/C/C=C/CCCCCCCC. The average molecular weight is 783 g/mol. The molecular formula is C44H81NO8P+. The summed E-state index contributed by atoms with van der Waals surface area (Å²) < 4.78 is 34.2. The van der Waals surface area contributed by atoms with Crippen molar-refractivity contribution in [2.45, 2.75) is 174 Å². The number of quaternary nitrogens is 1. The Morgan fingerprint density at radius 1 is 0.574 bits per heavy atom. The second kappa shape index (κ2) is 36.6. The maximum Gasteiger partial charge on any atom is 0.472 e. The lowest BCUT2D eigenvalue weighted by Gasteiger charge is -2.24. The summed E-state index contributed by atoms with van der Waals surface area (Å²) in [6, 6.07) is 0. The Balaban J connectivity index is 4.44. The van der Waals surface area contributed by atoms with Gasteiger partial charge < -0.3 is 18.9 Å². The van der Waals surface area contributed by atoms with Crippen molar-refractivity contribution < 1.29 is 42.1 Å². The fourth-order valence-electron chi connectivity index (χ4n) is 5.45. The number of esters is 2. The third-order valence-electron chi connectivity index (χ3n) is 8.84. The van der Waals surface area contributed by atoms with E-state index in [1.165, 1.54) is 83.5 Å². The number of ether oxygens (including phenoxy) is 2. The molecule has 0 aromatic heterocycles. The molecule has 10 heteroatoms. The Bertz CT molecular complexity index is 1070. The summed E-state index contributed by atoms with van der Waals surface area (Å²) in [4.78, 5) is 35.3. The smallest absolute Gasteiger partial charge is 0.462 e. The molecule has 0 rings (SSSR count). The van der Waals surface area contributed by atoms with Gasteiger partial charge in [-0.05, 0) is 64.2 Å². The number of unbranched alkanes of at least 4 members (excludes halogenated alkanes) is 16. The van der Waals surface area contributed by atoms with Gasteiger partial charge in [0.05, 0.1) is 27.7 Å². The van der Waals surface area contributed by atoms with Crippen molar-refractivity contribution in [3.05, 3.63) is 48.6 Å². The Kier molecular flexibility index (Phi) is 35.2. The molecule has 2 atom stereocenters. The van der Waals surface area contributed by atoms with Gasteiger partial charge in [-0.2, -0.15) is 0 Å². The van der Waals surface area contributed by atoms with Crippen LogP contribution in [0.3, 0.4) is 0 Å². The van der Waals surface area contributed by atoms with E-state index in [2.05, 4.69) is 50.3 Å². The lowest BCUT2D eigenvalue weighted by Crippen LogP contribution is -2.37. The Morgan fingerprint density at radius 3 is 1.57 bits per heavy atom. The van der Waals surface area contributed by atoms with Crippen LogP contribution in [-0.4, -0.2) is 74.9 Å². The van der Waals surface area contributed by atoms with Crippen molar-refractivity contribution in [1.29, 1.82) is 0 Å². The topological polar surface area (TPSA) is 108 Å². The highest BCUT2D eigenvalue weighted by Gasteiger charge is 2.27. The lowest BCUT2D eigenvalue weighted by molar-refractivity contribution is -0.870. The first-order valence-electron chi connectivity index (χ1n) is 21.4. The fraction of sp³-hybridized carbons (Fsp3) is 0.773. The normalized spacial score (nSPS) is 14.1. The first-order chi connectivity index (χ1) is 26.0. The molecule has 0 saturated carbocycles. The number of hydrogen-bond donors (Lipinski definition) is 1. The van der Waals surface area contributed by atoms with Crippen LogP contribution in [0.1, 0.15) is 168 Å². The fourth-order valence-corrected chi connectivity index (χ4v) is 6.19. The number of phosphoric ester groups is 1. The van der Waals surface area contributed by atoms with Crippen LogP contribution in [0.2, 0.25) is 0 Å². The van der Waals surface area contributed by atoms with Crippen LogP contribution in [0.5, 0.6) is 0 Å². The van der Waals surface area contributed by atoms with E-state index >= 15 is 0 Å². The molecule has 0 aliphatic rings. The van der Waals surface area contributed by atoms with Crippen LogP contribution in [-0.2, 0) is 32.7 Å². The summed E-state index contributed by atoms with van der Waals surface area (Å²) in [5.74, 6) is -0.888. The largest absolute Gasteiger partial charge is 0.472 e. The van der Waals surface area contributed by atoms with Crippen molar-refractivity contribution in [3.8, 4) is 0 Å². The number of phosphoric acid groups is 1. The van der Waals surface area contributed by atoms with Gasteiger partial charge in [-0.1, -0.05) is 140 Å². The minimum absolute atomic E-state index is 0.0198. The van der Waals surface area contributed by atoms with E-state index in [1.54, 1.807) is 0 Å². The number of hydrogen-bond acceptors (Lipinski definition) is 7. The van der Waals surface area contributed by atoms with E-state index in [0.717, 1.165) is 51.4 Å². The predicted octanol–water partition coefficient (Wildman–Crippen LogP) is 11.9. The molecule has 0 bridgehead atoms. The molecule has 0 aliphatic carbocycles. The first-order valence-corrected chi connectivity index (χ1v) is 22.9. The minimum atomic E-state index is -4.39. The predicted molar refractivity (Wildman–Crippen MR) is 224 cm³/mol. The molecule has 0 fully saturated rings. The molecule has 0 aliphatic heterocycles. The van der Waals surface area contributed by atoms with Gasteiger partial charge in [-0.25, -0.2) is 4.57 Å². The van der Waals surface area contributed by atoms with Gasteiger partial charge in [0.1, 0.15) is 19.8 Å². The van der Waals surface area contributed by atoms with Crippen LogP contribution >= 0.6 is 7.82 Å². The zero-order chi connectivity index (χ0) is 40.0. The van der Waals surface area contributed by atoms with Gasteiger partial charge >= 0.3 is 19.8 Å². The molecule has 0 aromatic rings. The molecule has 1 N–H and O–H groups in total. The van der Waals surface area contributed by atoms with Gasteiger partial charge in [0.2, 0.25) is 0 Å². The van der Waals surface area contributed by atoms with Gasteiger partial charge in [0.25, 0.3) is 0 Å². The quantitative estimate of drug-likeness (QED) is 0.0217. The summed E-state index contributed by atoms with van der Waals surface area (Å²) in [6.07, 6.45) is 41.7. The minimum Gasteiger partial charge on any atom is -0.462 e. The van der Waals surface area contributed by atoms with Crippen LogP contribution in [0, 0.1) is 0 Å². The number of carbonyl (C=O) groups is 2. The van der Waals surface area contributed by atoms with E-state index in [0.29, 0.717) is 17.4 Å². The Hall–Kier alpha value is -2.03. The van der Waals surface area contributed by atoms with Crippen molar-refractivity contribution >= 4 is 19.8 Å². The van der Waals surface area contributed by atoms with Gasteiger partial charge in [0.15, 0.2) is 6.10 Å². The number of carbonyl (C=O) groups excluding carboxylic acids is 2. The Labute approximate surface area is 331 Å². The third-order valence-corrected chi connectivity index (χ3v) is 9.83. The summed E-state index contributed by atoms with van der Waals surface area (Å²) in [6.45, 7) is 4.30. The van der Waals surface area contributed by atoms with Crippen molar-refractivity contribution in [1.82, 2.24) is 0 Å². The highest BCUT2D eigenvalue weighted by Crippen LogP contribution is 2.43. The molecule has 0 saturated heterocycles. The molecular weight excluding hydrogens is 701 g/mol. The van der Waals surface area contributed by atoms with Crippen molar-refractivity contribution in [3.63, 3.8) is 0 Å². The Morgan fingerprint density at radius 2 is 1.04 bits per heavy atom. The average Bonchev–Trinajstić information content (AvgIpc) is 3.12. The monoisotopic (exact) mass is 783 g/mol. The van der Waals surface area contributed by atoms with Crippen LogP contribution in [0.4, 0.5) is 0 Å². The second-order valence-electron chi connectivity index (χ2n) is 15.4. The van der Waals surface area contributed by atoms with Crippen LogP contribution in [0.15, 0.2) is 48.6 Å². The van der Waals surface area contributed by atoms with E-state index in [9.17, 15) is 19.0 Å². The summed E-state index contributed by atoms with van der Waals surface area (Å²) >= 11 is 0. The molecule has 2 unspecified atom stereocenters. The van der Waals surface area contributed by atoms with E-state index in [1.807, 2.05) is 33.3 Å². The van der Waals surface area contributed by atoms with Gasteiger partial charge in [-0.15, -0.1) is 0 Å². The highest BCUT2D eigenvalue weighted by atomic mass is 31.2. The molecule has 0 heterocycles.